The van der Waals surface area contributed by atoms with Crippen LogP contribution >= 0.6 is 0 Å². The molecule has 1 aliphatic carbocycles. The zero-order chi connectivity index (χ0) is 11.3. The predicted molar refractivity (Wildman–Crippen MR) is 58.9 cm³/mol. The van der Waals surface area contributed by atoms with Crippen LogP contribution in [0, 0.1) is 5.41 Å². The van der Waals surface area contributed by atoms with E-state index in [9.17, 15) is 0 Å². The first-order chi connectivity index (χ1) is 7.08. The number of oxime groups is 1. The van der Waals surface area contributed by atoms with Gasteiger partial charge in [0.15, 0.2) is 0 Å². The van der Waals surface area contributed by atoms with E-state index in [2.05, 4.69) is 10.5 Å². The van der Waals surface area contributed by atoms with E-state index in [1.54, 1.807) is 6.92 Å². The predicted octanol–water partition coefficient (Wildman–Crippen LogP) is 0.264. The van der Waals surface area contributed by atoms with Crippen LogP contribution in [0.5, 0.6) is 0 Å². The van der Waals surface area contributed by atoms with Crippen LogP contribution in [0.15, 0.2) is 5.16 Å². The van der Waals surface area contributed by atoms with E-state index in [1.807, 2.05) is 0 Å². The van der Waals surface area contributed by atoms with E-state index < -0.39 is 0 Å². The van der Waals surface area contributed by atoms with Crippen molar-refractivity contribution in [3.63, 3.8) is 0 Å². The number of amidine groups is 1. The standard InChI is InChI=1S/C10H21N3O2/c1-8(14)2-5-12-7-10(3-4-10)6-9(11)13-15/h8,12,14-15H,2-7H2,1H3,(H2,11,13). The molecule has 1 rings (SSSR count). The van der Waals surface area contributed by atoms with Crippen molar-refractivity contribution in [1.29, 1.82) is 0 Å². The van der Waals surface area contributed by atoms with Gasteiger partial charge in [-0.15, -0.1) is 0 Å². The number of hydrogen-bond acceptors (Lipinski definition) is 4. The summed E-state index contributed by atoms with van der Waals surface area (Å²) in [6.45, 7) is 3.48. The zero-order valence-electron chi connectivity index (χ0n) is 9.24. The van der Waals surface area contributed by atoms with Crippen LogP contribution in [0.3, 0.4) is 0 Å². The van der Waals surface area contributed by atoms with Gasteiger partial charge in [-0.3, -0.25) is 0 Å². The van der Waals surface area contributed by atoms with E-state index in [0.717, 1.165) is 32.4 Å². The molecule has 1 fully saturated rings. The van der Waals surface area contributed by atoms with E-state index >= 15 is 0 Å². The van der Waals surface area contributed by atoms with Crippen molar-refractivity contribution in [3.05, 3.63) is 0 Å². The highest BCUT2D eigenvalue weighted by atomic mass is 16.4. The molecule has 1 atom stereocenters. The van der Waals surface area contributed by atoms with Gasteiger partial charge in [0.25, 0.3) is 0 Å². The summed E-state index contributed by atoms with van der Waals surface area (Å²) >= 11 is 0. The second-order valence-electron chi connectivity index (χ2n) is 4.58. The molecule has 0 amide bonds. The van der Waals surface area contributed by atoms with Gasteiger partial charge in [0.1, 0.15) is 5.84 Å². The van der Waals surface area contributed by atoms with Crippen LogP contribution in [0.25, 0.3) is 0 Å². The van der Waals surface area contributed by atoms with Crippen molar-refractivity contribution >= 4 is 5.84 Å². The van der Waals surface area contributed by atoms with Gasteiger partial charge in [-0.05, 0) is 38.1 Å². The molecule has 0 aromatic carbocycles. The van der Waals surface area contributed by atoms with Crippen LogP contribution in [0.2, 0.25) is 0 Å². The summed E-state index contributed by atoms with van der Waals surface area (Å²) in [7, 11) is 0. The monoisotopic (exact) mass is 215 g/mol. The van der Waals surface area contributed by atoms with Crippen LogP contribution in [-0.4, -0.2) is 35.3 Å². The summed E-state index contributed by atoms with van der Waals surface area (Å²) in [5.74, 6) is 0.310. The number of aliphatic hydroxyl groups excluding tert-OH is 1. The smallest absolute Gasteiger partial charge is 0.139 e. The van der Waals surface area contributed by atoms with E-state index in [0.29, 0.717) is 12.3 Å². The average molecular weight is 215 g/mol. The van der Waals surface area contributed by atoms with Crippen molar-refractivity contribution in [1.82, 2.24) is 5.32 Å². The van der Waals surface area contributed by atoms with E-state index in [4.69, 9.17) is 16.0 Å². The topological polar surface area (TPSA) is 90.9 Å². The summed E-state index contributed by atoms with van der Waals surface area (Å²) < 4.78 is 0. The lowest BCUT2D eigenvalue weighted by Gasteiger charge is -2.15. The highest BCUT2D eigenvalue weighted by Crippen LogP contribution is 2.48. The lowest BCUT2D eigenvalue weighted by Crippen LogP contribution is -2.30. The molecule has 0 aromatic heterocycles. The molecule has 0 aliphatic heterocycles. The Morgan fingerprint density at radius 1 is 1.60 bits per heavy atom. The second-order valence-corrected chi connectivity index (χ2v) is 4.58. The van der Waals surface area contributed by atoms with Crippen LogP contribution in [-0.2, 0) is 0 Å². The Bertz CT molecular complexity index is 225. The van der Waals surface area contributed by atoms with Crippen molar-refractivity contribution in [3.8, 4) is 0 Å². The molecule has 0 heterocycles. The fraction of sp³-hybridized carbons (Fsp3) is 0.900. The molecule has 15 heavy (non-hydrogen) atoms. The summed E-state index contributed by atoms with van der Waals surface area (Å²) in [6.07, 6.45) is 3.43. The quantitative estimate of drug-likeness (QED) is 0.161. The lowest BCUT2D eigenvalue weighted by atomic mass is 10.0. The maximum absolute atomic E-state index is 9.07. The first kappa shape index (κ1) is 12.3. The molecular weight excluding hydrogens is 194 g/mol. The van der Waals surface area contributed by atoms with Gasteiger partial charge in [0, 0.05) is 13.0 Å². The van der Waals surface area contributed by atoms with E-state index in [1.165, 1.54) is 0 Å². The highest BCUT2D eigenvalue weighted by Gasteiger charge is 2.42. The molecule has 1 saturated carbocycles. The Kier molecular flexibility index (Phi) is 4.35. The summed E-state index contributed by atoms with van der Waals surface area (Å²) in [5, 5.41) is 23.8. The molecule has 1 unspecified atom stereocenters. The van der Waals surface area contributed by atoms with Gasteiger partial charge in [0.05, 0.1) is 6.10 Å². The fourth-order valence-corrected chi connectivity index (χ4v) is 1.68. The third-order valence-electron chi connectivity index (χ3n) is 2.88. The fourth-order valence-electron chi connectivity index (χ4n) is 1.68. The second kappa shape index (κ2) is 5.32. The van der Waals surface area contributed by atoms with E-state index in [-0.39, 0.29) is 11.5 Å². The number of hydrogen-bond donors (Lipinski definition) is 4. The number of aliphatic hydroxyl groups is 1. The Labute approximate surface area is 90.3 Å². The average Bonchev–Trinajstić information content (AvgIpc) is 2.93. The Balaban J connectivity index is 2.15. The third kappa shape index (κ3) is 4.48. The maximum atomic E-state index is 9.07. The van der Waals surface area contributed by atoms with Gasteiger partial charge in [-0.2, -0.15) is 0 Å². The minimum atomic E-state index is -0.253. The minimum Gasteiger partial charge on any atom is -0.409 e. The van der Waals surface area contributed by atoms with Crippen molar-refractivity contribution in [2.24, 2.45) is 16.3 Å². The summed E-state index contributed by atoms with van der Waals surface area (Å²) in [6, 6.07) is 0. The number of nitrogens with two attached hydrogens (primary N) is 1. The summed E-state index contributed by atoms with van der Waals surface area (Å²) in [5.41, 5.74) is 5.69. The van der Waals surface area contributed by atoms with Crippen LogP contribution < -0.4 is 11.1 Å². The maximum Gasteiger partial charge on any atom is 0.139 e. The molecule has 5 N–H and O–H groups in total. The molecular formula is C10H21N3O2. The van der Waals surface area contributed by atoms with Crippen molar-refractivity contribution in [2.75, 3.05) is 13.1 Å². The first-order valence-corrected chi connectivity index (χ1v) is 5.43. The van der Waals surface area contributed by atoms with Crippen molar-refractivity contribution in [2.45, 2.75) is 38.7 Å². The Hall–Kier alpha value is -0.810. The summed E-state index contributed by atoms with van der Waals surface area (Å²) in [4.78, 5) is 0. The zero-order valence-corrected chi connectivity index (χ0v) is 9.24. The lowest BCUT2D eigenvalue weighted by molar-refractivity contribution is 0.183. The largest absolute Gasteiger partial charge is 0.409 e. The number of nitrogens with one attached hydrogen (secondary N) is 1. The third-order valence-corrected chi connectivity index (χ3v) is 2.88. The van der Waals surface area contributed by atoms with Crippen molar-refractivity contribution < 1.29 is 10.3 Å². The van der Waals surface area contributed by atoms with Gasteiger partial charge < -0.3 is 21.4 Å². The van der Waals surface area contributed by atoms with Crippen LogP contribution in [0.4, 0.5) is 0 Å². The Morgan fingerprint density at radius 3 is 2.73 bits per heavy atom. The molecule has 1 aliphatic rings. The molecule has 5 heteroatoms. The molecule has 0 bridgehead atoms. The molecule has 0 radical (unpaired) electrons. The number of nitrogens with zero attached hydrogens (tertiary/aromatic N) is 1. The van der Waals surface area contributed by atoms with Gasteiger partial charge in [-0.25, -0.2) is 0 Å². The Morgan fingerprint density at radius 2 is 2.27 bits per heavy atom. The van der Waals surface area contributed by atoms with Gasteiger partial charge in [0.2, 0.25) is 0 Å². The molecule has 0 spiro atoms. The molecule has 5 nitrogen and oxygen atoms in total. The molecule has 0 aromatic rings. The number of rotatable bonds is 7. The first-order valence-electron chi connectivity index (χ1n) is 5.43. The molecule has 0 saturated heterocycles. The van der Waals surface area contributed by atoms with Gasteiger partial charge in [-0.1, -0.05) is 5.16 Å². The SMILES string of the molecule is CC(O)CCNCC1(CC(N)=NO)CC1. The molecule has 88 valence electrons. The van der Waals surface area contributed by atoms with Gasteiger partial charge >= 0.3 is 0 Å². The van der Waals surface area contributed by atoms with Crippen LogP contribution in [0.1, 0.15) is 32.6 Å². The minimum absolute atomic E-state index is 0.203. The normalized spacial score (nSPS) is 21.3. The highest BCUT2D eigenvalue weighted by molar-refractivity contribution is 5.80.